The van der Waals surface area contributed by atoms with E-state index in [4.69, 9.17) is 16.3 Å². The summed E-state index contributed by atoms with van der Waals surface area (Å²) >= 11 is 6.14. The van der Waals surface area contributed by atoms with Crippen molar-refractivity contribution < 1.29 is 4.74 Å². The lowest BCUT2D eigenvalue weighted by molar-refractivity contribution is 0.296. The van der Waals surface area contributed by atoms with Gasteiger partial charge in [0.1, 0.15) is 17.5 Å². The van der Waals surface area contributed by atoms with Crippen molar-refractivity contribution >= 4 is 22.5 Å². The van der Waals surface area contributed by atoms with Crippen molar-refractivity contribution in [2.24, 2.45) is 0 Å². The number of para-hydroxylation sites is 2. The Hall–Kier alpha value is -2.13. The molecule has 19 heavy (non-hydrogen) atoms. The summed E-state index contributed by atoms with van der Waals surface area (Å²) in [5.74, 6) is 1.36. The van der Waals surface area contributed by atoms with Crippen LogP contribution in [0.4, 0.5) is 0 Å². The standard InChI is InChI=1S/C15H11ClN2O/c16-15-12-8-4-5-9-13(12)17-14(18-15)10-19-11-6-2-1-3-7-11/h1-9H,10H2. The number of rotatable bonds is 3. The highest BCUT2D eigenvalue weighted by atomic mass is 35.5. The summed E-state index contributed by atoms with van der Waals surface area (Å²) in [4.78, 5) is 8.68. The molecule has 0 radical (unpaired) electrons. The molecule has 0 N–H and O–H groups in total. The lowest BCUT2D eigenvalue weighted by atomic mass is 10.2. The maximum absolute atomic E-state index is 6.14. The van der Waals surface area contributed by atoms with Crippen molar-refractivity contribution in [3.8, 4) is 5.75 Å². The van der Waals surface area contributed by atoms with Crippen molar-refractivity contribution in [2.45, 2.75) is 6.61 Å². The minimum atomic E-state index is 0.300. The number of nitrogens with zero attached hydrogens (tertiary/aromatic N) is 2. The molecule has 1 aromatic heterocycles. The Morgan fingerprint density at radius 3 is 2.47 bits per heavy atom. The van der Waals surface area contributed by atoms with E-state index in [1.54, 1.807) is 0 Å². The average Bonchev–Trinajstić information content (AvgIpc) is 2.46. The van der Waals surface area contributed by atoms with E-state index in [1.807, 2.05) is 54.6 Å². The third-order valence-electron chi connectivity index (χ3n) is 2.71. The molecule has 4 heteroatoms. The van der Waals surface area contributed by atoms with E-state index in [-0.39, 0.29) is 0 Å². The summed E-state index contributed by atoms with van der Waals surface area (Å²) in [6, 6.07) is 17.2. The SMILES string of the molecule is Clc1nc(COc2ccccc2)nc2ccccc12. The van der Waals surface area contributed by atoms with E-state index < -0.39 is 0 Å². The maximum atomic E-state index is 6.14. The Kier molecular flexibility index (Phi) is 3.29. The maximum Gasteiger partial charge on any atom is 0.168 e. The third-order valence-corrected chi connectivity index (χ3v) is 3.00. The normalized spacial score (nSPS) is 10.6. The van der Waals surface area contributed by atoms with Gasteiger partial charge in [-0.15, -0.1) is 0 Å². The molecule has 3 aromatic rings. The first kappa shape index (κ1) is 11.9. The molecule has 0 bridgehead atoms. The van der Waals surface area contributed by atoms with Crippen LogP contribution in [0.3, 0.4) is 0 Å². The minimum absolute atomic E-state index is 0.300. The predicted molar refractivity (Wildman–Crippen MR) is 75.3 cm³/mol. The second kappa shape index (κ2) is 5.24. The van der Waals surface area contributed by atoms with Crippen LogP contribution in [0.1, 0.15) is 5.82 Å². The summed E-state index contributed by atoms with van der Waals surface area (Å²) in [6.45, 7) is 0.300. The zero-order valence-electron chi connectivity index (χ0n) is 10.1. The van der Waals surface area contributed by atoms with Gasteiger partial charge in [-0.05, 0) is 24.3 Å². The molecule has 0 spiro atoms. The van der Waals surface area contributed by atoms with Gasteiger partial charge in [-0.3, -0.25) is 0 Å². The van der Waals surface area contributed by atoms with Crippen LogP contribution in [-0.2, 0) is 6.61 Å². The van der Waals surface area contributed by atoms with Crippen molar-refractivity contribution in [3.63, 3.8) is 0 Å². The predicted octanol–water partition coefficient (Wildman–Crippen LogP) is 3.86. The molecule has 0 amide bonds. The molecule has 0 aliphatic heterocycles. The van der Waals surface area contributed by atoms with Gasteiger partial charge in [-0.25, -0.2) is 9.97 Å². The fourth-order valence-corrected chi connectivity index (χ4v) is 2.07. The first-order chi connectivity index (χ1) is 9.33. The number of aromatic nitrogens is 2. The van der Waals surface area contributed by atoms with E-state index in [0.717, 1.165) is 16.7 Å². The lowest BCUT2D eigenvalue weighted by Crippen LogP contribution is -2.02. The summed E-state index contributed by atoms with van der Waals surface area (Å²) in [6.07, 6.45) is 0. The molecule has 2 aromatic carbocycles. The highest BCUT2D eigenvalue weighted by molar-refractivity contribution is 6.34. The first-order valence-corrected chi connectivity index (χ1v) is 6.30. The van der Waals surface area contributed by atoms with Gasteiger partial charge in [0.05, 0.1) is 5.52 Å². The number of hydrogen-bond donors (Lipinski definition) is 0. The molecule has 0 atom stereocenters. The molecular formula is C15H11ClN2O. The third kappa shape index (κ3) is 2.66. The second-order valence-electron chi connectivity index (χ2n) is 4.05. The second-order valence-corrected chi connectivity index (χ2v) is 4.41. The molecule has 0 saturated carbocycles. The summed E-state index contributed by atoms with van der Waals surface area (Å²) in [5, 5.41) is 1.31. The monoisotopic (exact) mass is 270 g/mol. The Labute approximate surface area is 115 Å². The van der Waals surface area contributed by atoms with Crippen LogP contribution in [0.5, 0.6) is 5.75 Å². The van der Waals surface area contributed by atoms with Crippen LogP contribution in [-0.4, -0.2) is 9.97 Å². The topological polar surface area (TPSA) is 35.0 Å². The Morgan fingerprint density at radius 1 is 0.895 bits per heavy atom. The molecule has 0 aliphatic rings. The fourth-order valence-electron chi connectivity index (χ4n) is 1.81. The first-order valence-electron chi connectivity index (χ1n) is 5.92. The van der Waals surface area contributed by atoms with Gasteiger partial charge in [0.2, 0.25) is 0 Å². The largest absolute Gasteiger partial charge is 0.486 e. The molecule has 3 rings (SSSR count). The highest BCUT2D eigenvalue weighted by Gasteiger charge is 2.05. The summed E-state index contributed by atoms with van der Waals surface area (Å²) in [7, 11) is 0. The fraction of sp³-hybridized carbons (Fsp3) is 0.0667. The zero-order chi connectivity index (χ0) is 13.1. The Morgan fingerprint density at radius 2 is 1.63 bits per heavy atom. The van der Waals surface area contributed by atoms with Gasteiger partial charge in [0.15, 0.2) is 5.82 Å². The van der Waals surface area contributed by atoms with Crippen LogP contribution in [0.15, 0.2) is 54.6 Å². The highest BCUT2D eigenvalue weighted by Crippen LogP contribution is 2.20. The molecular weight excluding hydrogens is 260 g/mol. The molecule has 3 nitrogen and oxygen atoms in total. The number of ether oxygens (including phenoxy) is 1. The molecule has 0 aliphatic carbocycles. The van der Waals surface area contributed by atoms with Crippen molar-refractivity contribution in [2.75, 3.05) is 0 Å². The van der Waals surface area contributed by atoms with Gasteiger partial charge in [0.25, 0.3) is 0 Å². The van der Waals surface area contributed by atoms with Crippen molar-refractivity contribution in [1.82, 2.24) is 9.97 Å². The van der Waals surface area contributed by atoms with E-state index in [9.17, 15) is 0 Å². The van der Waals surface area contributed by atoms with Crippen LogP contribution >= 0.6 is 11.6 Å². The van der Waals surface area contributed by atoms with Crippen LogP contribution in [0.25, 0.3) is 10.9 Å². The Balaban J connectivity index is 1.85. The smallest absolute Gasteiger partial charge is 0.168 e. The number of halogens is 1. The van der Waals surface area contributed by atoms with Crippen LogP contribution in [0.2, 0.25) is 5.15 Å². The Bertz CT molecular complexity index is 701. The van der Waals surface area contributed by atoms with Gasteiger partial charge in [0, 0.05) is 5.39 Å². The van der Waals surface area contributed by atoms with Crippen LogP contribution in [0, 0.1) is 0 Å². The molecule has 0 saturated heterocycles. The minimum Gasteiger partial charge on any atom is -0.486 e. The number of fused-ring (bicyclic) bond motifs is 1. The van der Waals surface area contributed by atoms with Gasteiger partial charge < -0.3 is 4.74 Å². The van der Waals surface area contributed by atoms with E-state index in [1.165, 1.54) is 0 Å². The summed E-state index contributed by atoms with van der Waals surface area (Å²) < 4.78 is 5.61. The molecule has 1 heterocycles. The van der Waals surface area contributed by atoms with Crippen molar-refractivity contribution in [1.29, 1.82) is 0 Å². The van der Waals surface area contributed by atoms with Gasteiger partial charge in [-0.2, -0.15) is 0 Å². The number of benzene rings is 2. The van der Waals surface area contributed by atoms with E-state index in [0.29, 0.717) is 17.6 Å². The zero-order valence-corrected chi connectivity index (χ0v) is 10.8. The van der Waals surface area contributed by atoms with Gasteiger partial charge in [-0.1, -0.05) is 41.9 Å². The van der Waals surface area contributed by atoms with Crippen LogP contribution < -0.4 is 4.74 Å². The molecule has 0 fully saturated rings. The molecule has 94 valence electrons. The van der Waals surface area contributed by atoms with E-state index >= 15 is 0 Å². The quantitative estimate of drug-likeness (QED) is 0.678. The molecule has 0 unspecified atom stereocenters. The van der Waals surface area contributed by atoms with Crippen molar-refractivity contribution in [3.05, 3.63) is 65.6 Å². The van der Waals surface area contributed by atoms with E-state index in [2.05, 4.69) is 9.97 Å². The van der Waals surface area contributed by atoms with Gasteiger partial charge >= 0.3 is 0 Å². The number of hydrogen-bond acceptors (Lipinski definition) is 3. The average molecular weight is 271 g/mol. The summed E-state index contributed by atoms with van der Waals surface area (Å²) in [5.41, 5.74) is 0.828. The lowest BCUT2D eigenvalue weighted by Gasteiger charge is -2.06.